The summed E-state index contributed by atoms with van der Waals surface area (Å²) in [6, 6.07) is 6.72. The molecule has 3 rings (SSSR count). The zero-order valence-corrected chi connectivity index (χ0v) is 12.0. The monoisotopic (exact) mass is 271 g/mol. The van der Waals surface area contributed by atoms with Crippen molar-refractivity contribution in [3.8, 4) is 0 Å². The van der Waals surface area contributed by atoms with Gasteiger partial charge >= 0.3 is 0 Å². The van der Waals surface area contributed by atoms with E-state index in [0.717, 1.165) is 24.3 Å². The average molecular weight is 271 g/mol. The zero-order valence-electron chi connectivity index (χ0n) is 12.0. The van der Waals surface area contributed by atoms with E-state index in [1.54, 1.807) is 0 Å². The lowest BCUT2D eigenvalue weighted by atomic mass is 10.1. The number of hydrogen-bond donors (Lipinski definition) is 2. The third kappa shape index (κ3) is 2.65. The van der Waals surface area contributed by atoms with Gasteiger partial charge in [-0.3, -0.25) is 0 Å². The summed E-state index contributed by atoms with van der Waals surface area (Å²) in [6.45, 7) is 5.18. The highest BCUT2D eigenvalue weighted by atomic mass is 16.3. The highest BCUT2D eigenvalue weighted by Crippen LogP contribution is 2.24. The molecule has 2 atom stereocenters. The summed E-state index contributed by atoms with van der Waals surface area (Å²) < 4.78 is 5.88. The summed E-state index contributed by atoms with van der Waals surface area (Å²) >= 11 is 0. The molecule has 0 bridgehead atoms. The zero-order chi connectivity index (χ0) is 14.1. The Hall–Kier alpha value is -1.58. The van der Waals surface area contributed by atoms with Crippen molar-refractivity contribution in [1.29, 1.82) is 0 Å². The van der Waals surface area contributed by atoms with Crippen molar-refractivity contribution in [3.63, 3.8) is 0 Å². The summed E-state index contributed by atoms with van der Waals surface area (Å²) in [5.74, 6) is 1.26. The van der Waals surface area contributed by atoms with E-state index in [1.807, 2.05) is 0 Å². The Bertz CT molecular complexity index is 603. The number of fused-ring (bicyclic) bond motifs is 1. The smallest absolute Gasteiger partial charge is 0.134 e. The molecule has 0 saturated heterocycles. The van der Waals surface area contributed by atoms with Gasteiger partial charge < -0.3 is 14.8 Å². The largest absolute Gasteiger partial charge is 0.460 e. The molecule has 1 aliphatic rings. The second kappa shape index (κ2) is 5.43. The van der Waals surface area contributed by atoms with Crippen LogP contribution in [-0.4, -0.2) is 17.8 Å². The summed E-state index contributed by atoms with van der Waals surface area (Å²) in [4.78, 5) is 0. The Morgan fingerprint density at radius 2 is 2.00 bits per heavy atom. The van der Waals surface area contributed by atoms with Crippen molar-refractivity contribution >= 4 is 11.0 Å². The standard InChI is InChI=1S/C17H21NO2/c1-11-5-14-8-16(20-17(14)6-12(11)2)9-18-15-4-3-13(7-15)10-19/h3-6,8,13,15,18-19H,7,9-10H2,1-2H3/t13-,15+/m0/s1. The molecule has 1 aliphatic carbocycles. The van der Waals surface area contributed by atoms with Gasteiger partial charge in [-0.1, -0.05) is 12.2 Å². The van der Waals surface area contributed by atoms with E-state index >= 15 is 0 Å². The third-order valence-electron chi connectivity index (χ3n) is 4.13. The maximum absolute atomic E-state index is 9.12. The fourth-order valence-electron chi connectivity index (χ4n) is 2.74. The molecule has 1 aromatic carbocycles. The summed E-state index contributed by atoms with van der Waals surface area (Å²) in [5, 5.41) is 13.7. The van der Waals surface area contributed by atoms with Gasteiger partial charge in [-0.05, 0) is 49.6 Å². The molecule has 0 saturated carbocycles. The molecule has 106 valence electrons. The molecule has 0 fully saturated rings. The SMILES string of the molecule is Cc1cc2cc(CN[C@@H]3C=C[C@H](CO)C3)oc2cc1C. The molecular weight excluding hydrogens is 250 g/mol. The van der Waals surface area contributed by atoms with E-state index in [0.29, 0.717) is 12.0 Å². The van der Waals surface area contributed by atoms with Crippen LogP contribution in [0.1, 0.15) is 23.3 Å². The summed E-state index contributed by atoms with van der Waals surface area (Å²) in [7, 11) is 0. The van der Waals surface area contributed by atoms with E-state index in [4.69, 9.17) is 9.52 Å². The second-order valence-electron chi connectivity index (χ2n) is 5.74. The Morgan fingerprint density at radius 3 is 2.75 bits per heavy atom. The number of aliphatic hydroxyl groups excluding tert-OH is 1. The lowest BCUT2D eigenvalue weighted by Crippen LogP contribution is -2.25. The summed E-state index contributed by atoms with van der Waals surface area (Å²) in [6.07, 6.45) is 5.19. The molecule has 0 spiro atoms. The van der Waals surface area contributed by atoms with Crippen LogP contribution in [0.2, 0.25) is 0 Å². The lowest BCUT2D eigenvalue weighted by Gasteiger charge is -2.11. The van der Waals surface area contributed by atoms with E-state index in [-0.39, 0.29) is 6.61 Å². The van der Waals surface area contributed by atoms with Crippen LogP contribution in [0.5, 0.6) is 0 Å². The first-order valence-corrected chi connectivity index (χ1v) is 7.18. The van der Waals surface area contributed by atoms with Crippen LogP contribution >= 0.6 is 0 Å². The van der Waals surface area contributed by atoms with Crippen molar-refractivity contribution in [3.05, 3.63) is 47.2 Å². The predicted molar refractivity (Wildman–Crippen MR) is 80.6 cm³/mol. The Morgan fingerprint density at radius 1 is 1.20 bits per heavy atom. The minimum absolute atomic E-state index is 0.234. The first-order chi connectivity index (χ1) is 9.65. The number of furan rings is 1. The number of rotatable bonds is 4. The first-order valence-electron chi connectivity index (χ1n) is 7.18. The van der Waals surface area contributed by atoms with E-state index < -0.39 is 0 Å². The lowest BCUT2D eigenvalue weighted by molar-refractivity contribution is 0.246. The molecule has 0 aliphatic heterocycles. The van der Waals surface area contributed by atoms with Crippen LogP contribution in [-0.2, 0) is 6.54 Å². The predicted octanol–water partition coefficient (Wildman–Crippen LogP) is 3.08. The molecule has 2 N–H and O–H groups in total. The van der Waals surface area contributed by atoms with Crippen LogP contribution in [0.15, 0.2) is 34.8 Å². The molecule has 1 aromatic heterocycles. The minimum atomic E-state index is 0.234. The van der Waals surface area contributed by atoms with Crippen LogP contribution in [0.25, 0.3) is 11.0 Å². The molecular formula is C17H21NO2. The van der Waals surface area contributed by atoms with Gasteiger partial charge in [-0.2, -0.15) is 0 Å². The van der Waals surface area contributed by atoms with Crippen molar-refractivity contribution in [2.24, 2.45) is 5.92 Å². The van der Waals surface area contributed by atoms with Gasteiger partial charge in [0, 0.05) is 24.0 Å². The van der Waals surface area contributed by atoms with Crippen molar-refractivity contribution in [2.45, 2.75) is 32.9 Å². The number of benzene rings is 1. The Labute approximate surface area is 119 Å². The van der Waals surface area contributed by atoms with Crippen LogP contribution in [0.3, 0.4) is 0 Å². The highest BCUT2D eigenvalue weighted by Gasteiger charge is 2.17. The fourth-order valence-corrected chi connectivity index (χ4v) is 2.74. The Kier molecular flexibility index (Phi) is 3.64. The molecule has 0 radical (unpaired) electrons. The first kappa shape index (κ1) is 13.4. The van der Waals surface area contributed by atoms with Gasteiger partial charge in [-0.15, -0.1) is 0 Å². The van der Waals surface area contributed by atoms with Gasteiger partial charge in [0.25, 0.3) is 0 Å². The topological polar surface area (TPSA) is 45.4 Å². The average Bonchev–Trinajstić information content (AvgIpc) is 3.03. The molecule has 3 nitrogen and oxygen atoms in total. The van der Waals surface area contributed by atoms with Crippen LogP contribution < -0.4 is 5.32 Å². The van der Waals surface area contributed by atoms with Gasteiger partial charge in [0.15, 0.2) is 0 Å². The molecule has 3 heteroatoms. The number of aryl methyl sites for hydroxylation is 2. The molecule has 20 heavy (non-hydrogen) atoms. The third-order valence-corrected chi connectivity index (χ3v) is 4.13. The molecule has 0 unspecified atom stereocenters. The normalized spacial score (nSPS) is 21.9. The second-order valence-corrected chi connectivity index (χ2v) is 5.74. The summed E-state index contributed by atoms with van der Waals surface area (Å²) in [5.41, 5.74) is 3.51. The van der Waals surface area contributed by atoms with Crippen molar-refractivity contribution in [2.75, 3.05) is 6.61 Å². The van der Waals surface area contributed by atoms with Gasteiger partial charge in [-0.25, -0.2) is 0 Å². The fraction of sp³-hybridized carbons (Fsp3) is 0.412. The molecule has 2 aromatic rings. The molecule has 1 heterocycles. The Balaban J connectivity index is 1.68. The van der Waals surface area contributed by atoms with Crippen molar-refractivity contribution in [1.82, 2.24) is 5.32 Å². The van der Waals surface area contributed by atoms with E-state index in [2.05, 4.69) is 49.5 Å². The number of hydrogen-bond acceptors (Lipinski definition) is 3. The number of aliphatic hydroxyl groups is 1. The van der Waals surface area contributed by atoms with E-state index in [1.165, 1.54) is 16.5 Å². The quantitative estimate of drug-likeness (QED) is 0.840. The van der Waals surface area contributed by atoms with Crippen molar-refractivity contribution < 1.29 is 9.52 Å². The van der Waals surface area contributed by atoms with Crippen LogP contribution in [0, 0.1) is 19.8 Å². The maximum atomic E-state index is 9.12. The highest BCUT2D eigenvalue weighted by molar-refractivity contribution is 5.79. The number of nitrogens with one attached hydrogen (secondary N) is 1. The van der Waals surface area contributed by atoms with Crippen LogP contribution in [0.4, 0.5) is 0 Å². The molecule has 0 amide bonds. The minimum Gasteiger partial charge on any atom is -0.460 e. The van der Waals surface area contributed by atoms with Gasteiger partial charge in [0.05, 0.1) is 6.54 Å². The van der Waals surface area contributed by atoms with Gasteiger partial charge in [0.1, 0.15) is 11.3 Å². The maximum Gasteiger partial charge on any atom is 0.134 e. The van der Waals surface area contributed by atoms with Gasteiger partial charge in [0.2, 0.25) is 0 Å². The van der Waals surface area contributed by atoms with E-state index in [9.17, 15) is 0 Å².